The van der Waals surface area contributed by atoms with E-state index < -0.39 is 14.9 Å². The third-order valence-corrected chi connectivity index (χ3v) is 12.4. The monoisotopic (exact) mass is 803 g/mol. The third-order valence-electron chi connectivity index (χ3n) is 9.93. The molecule has 1 saturated heterocycles. The number of nitro benzene ring substituents is 1. The molecule has 57 heavy (non-hydrogen) atoms. The van der Waals surface area contributed by atoms with Gasteiger partial charge in [-0.2, -0.15) is 0 Å². The largest absolute Gasteiger partial charge is 0.376 e. The van der Waals surface area contributed by atoms with Gasteiger partial charge in [0.25, 0.3) is 15.7 Å². The van der Waals surface area contributed by atoms with E-state index in [1.165, 1.54) is 29.6 Å². The second kappa shape index (κ2) is 18.1. The second-order valence-electron chi connectivity index (χ2n) is 14.2. The van der Waals surface area contributed by atoms with Crippen molar-refractivity contribution in [3.8, 4) is 11.1 Å². The Labute approximate surface area is 337 Å². The van der Waals surface area contributed by atoms with E-state index in [-0.39, 0.29) is 28.1 Å². The number of piperazine rings is 1. The predicted octanol–water partition coefficient (Wildman–Crippen LogP) is 7.25. The lowest BCUT2D eigenvalue weighted by molar-refractivity contribution is -0.384. The standard InChI is InChI=1S/C42H45N9O4S2/c1-48(2)20-18-33(29-56-35-11-4-3-5-12-35)46-39-17-15-36(26-41(39)51(52)53)57(54,55)47-42-38-16-14-34(25-40(38)44-30-45-42)50-23-21-49(22-24-50)28-32-9-6-7-13-37(32)31-10-8-19-43-27-31/h3-17,19,25-27,30,33,46H,18,20-24,28-29H2,1-2H3,(H,44,45,47)/t33-/m1/s1. The summed E-state index contributed by atoms with van der Waals surface area (Å²) < 4.78 is 30.0. The molecular weight excluding hydrogens is 759 g/mol. The molecule has 15 heteroatoms. The van der Waals surface area contributed by atoms with Crippen LogP contribution in [0.15, 0.2) is 132 Å². The van der Waals surface area contributed by atoms with Gasteiger partial charge in [0.2, 0.25) is 0 Å². The van der Waals surface area contributed by atoms with Gasteiger partial charge in [0.05, 0.1) is 15.3 Å². The fourth-order valence-electron chi connectivity index (χ4n) is 6.87. The minimum absolute atomic E-state index is 0.0928. The summed E-state index contributed by atoms with van der Waals surface area (Å²) in [6.07, 6.45) is 5.73. The lowest BCUT2D eigenvalue weighted by Crippen LogP contribution is -2.46. The summed E-state index contributed by atoms with van der Waals surface area (Å²) in [6, 6.07) is 32.0. The van der Waals surface area contributed by atoms with Crippen LogP contribution in [0.4, 0.5) is 22.9 Å². The highest BCUT2D eigenvalue weighted by Gasteiger charge is 2.25. The second-order valence-corrected chi connectivity index (χ2v) is 17.0. The van der Waals surface area contributed by atoms with Gasteiger partial charge in [0, 0.05) is 84.5 Å². The van der Waals surface area contributed by atoms with Crippen molar-refractivity contribution in [1.29, 1.82) is 0 Å². The first-order valence-corrected chi connectivity index (χ1v) is 21.2. The maximum atomic E-state index is 13.7. The summed E-state index contributed by atoms with van der Waals surface area (Å²) in [5.41, 5.74) is 5.05. The van der Waals surface area contributed by atoms with E-state index in [1.54, 1.807) is 18.0 Å². The number of aromatic nitrogens is 3. The maximum absolute atomic E-state index is 13.7. The predicted molar refractivity (Wildman–Crippen MR) is 228 cm³/mol. The van der Waals surface area contributed by atoms with Crippen LogP contribution in [0.5, 0.6) is 0 Å². The number of nitro groups is 1. The average molecular weight is 804 g/mol. The molecule has 1 aliphatic rings. The molecule has 294 valence electrons. The number of benzene rings is 4. The van der Waals surface area contributed by atoms with Crippen molar-refractivity contribution in [3.05, 3.63) is 138 Å². The highest BCUT2D eigenvalue weighted by molar-refractivity contribution is 7.99. The molecule has 3 heterocycles. The van der Waals surface area contributed by atoms with Crippen LogP contribution in [0, 0.1) is 10.1 Å². The van der Waals surface area contributed by atoms with Crippen molar-refractivity contribution in [2.75, 3.05) is 67.5 Å². The molecule has 7 rings (SSSR count). The van der Waals surface area contributed by atoms with Gasteiger partial charge in [-0.05, 0) is 86.7 Å². The summed E-state index contributed by atoms with van der Waals surface area (Å²) in [5, 5.41) is 16.1. The van der Waals surface area contributed by atoms with E-state index in [0.717, 1.165) is 67.9 Å². The fourth-order valence-corrected chi connectivity index (χ4v) is 8.92. The molecule has 4 aromatic carbocycles. The average Bonchev–Trinajstić information content (AvgIpc) is 3.22. The van der Waals surface area contributed by atoms with Gasteiger partial charge in [0.15, 0.2) is 5.82 Å². The number of sulfonamides is 1. The molecule has 0 radical (unpaired) electrons. The van der Waals surface area contributed by atoms with Gasteiger partial charge in [-0.1, -0.05) is 48.5 Å². The summed E-state index contributed by atoms with van der Waals surface area (Å²) in [4.78, 5) is 32.4. The summed E-state index contributed by atoms with van der Waals surface area (Å²) >= 11 is 1.66. The van der Waals surface area contributed by atoms with Crippen molar-refractivity contribution >= 4 is 55.6 Å². The maximum Gasteiger partial charge on any atom is 0.293 e. The zero-order valence-electron chi connectivity index (χ0n) is 31.9. The summed E-state index contributed by atoms with van der Waals surface area (Å²) in [7, 11) is -0.305. The molecule has 13 nitrogen and oxygen atoms in total. The topological polar surface area (TPSA) is 150 Å². The zero-order chi connectivity index (χ0) is 39.8. The minimum Gasteiger partial charge on any atom is -0.376 e. The van der Waals surface area contributed by atoms with Crippen LogP contribution in [-0.2, 0) is 16.6 Å². The number of nitrogens with zero attached hydrogens (tertiary/aromatic N) is 7. The smallest absolute Gasteiger partial charge is 0.293 e. The number of nitrogens with one attached hydrogen (secondary N) is 2. The van der Waals surface area contributed by atoms with E-state index >= 15 is 0 Å². The van der Waals surface area contributed by atoms with Crippen LogP contribution in [0.3, 0.4) is 0 Å². The first kappa shape index (κ1) is 39.6. The van der Waals surface area contributed by atoms with Crippen molar-refractivity contribution in [2.45, 2.75) is 28.8 Å². The highest BCUT2D eigenvalue weighted by atomic mass is 32.2. The Morgan fingerprint density at radius 1 is 0.912 bits per heavy atom. The molecule has 0 bridgehead atoms. The molecule has 0 unspecified atom stereocenters. The highest BCUT2D eigenvalue weighted by Crippen LogP contribution is 2.32. The first-order valence-electron chi connectivity index (χ1n) is 18.7. The van der Waals surface area contributed by atoms with Crippen molar-refractivity contribution < 1.29 is 13.3 Å². The molecule has 1 aliphatic heterocycles. The quantitative estimate of drug-likeness (QED) is 0.0577. The Morgan fingerprint density at radius 2 is 1.70 bits per heavy atom. The normalized spacial score (nSPS) is 14.1. The van der Waals surface area contributed by atoms with Crippen LogP contribution in [0.1, 0.15) is 12.0 Å². The lowest BCUT2D eigenvalue weighted by atomic mass is 10.0. The summed E-state index contributed by atoms with van der Waals surface area (Å²) in [6.45, 7) is 4.98. The lowest BCUT2D eigenvalue weighted by Gasteiger charge is -2.36. The minimum atomic E-state index is -4.26. The zero-order valence-corrected chi connectivity index (χ0v) is 33.5. The van der Waals surface area contributed by atoms with Gasteiger partial charge in [-0.15, -0.1) is 11.8 Å². The molecule has 2 aromatic heterocycles. The van der Waals surface area contributed by atoms with Crippen LogP contribution in [0.25, 0.3) is 22.0 Å². The number of pyridine rings is 1. The Hall–Kier alpha value is -5.61. The van der Waals surface area contributed by atoms with Gasteiger partial charge in [0.1, 0.15) is 12.0 Å². The first-order chi connectivity index (χ1) is 27.6. The number of fused-ring (bicyclic) bond motifs is 1. The molecule has 1 atom stereocenters. The number of anilines is 3. The van der Waals surface area contributed by atoms with Gasteiger partial charge in [-0.25, -0.2) is 18.4 Å². The van der Waals surface area contributed by atoms with Crippen molar-refractivity contribution in [3.63, 3.8) is 0 Å². The van der Waals surface area contributed by atoms with Gasteiger partial charge < -0.3 is 15.1 Å². The van der Waals surface area contributed by atoms with E-state index in [9.17, 15) is 18.5 Å². The van der Waals surface area contributed by atoms with E-state index in [4.69, 9.17) is 0 Å². The molecule has 0 spiro atoms. The van der Waals surface area contributed by atoms with E-state index in [2.05, 4.69) is 70.0 Å². The van der Waals surface area contributed by atoms with Gasteiger partial charge in [-0.3, -0.25) is 24.7 Å². The van der Waals surface area contributed by atoms with Crippen molar-refractivity contribution in [2.24, 2.45) is 0 Å². The molecule has 6 aromatic rings. The molecule has 0 amide bonds. The summed E-state index contributed by atoms with van der Waals surface area (Å²) in [5.74, 6) is 0.757. The SMILES string of the molecule is CN(C)CC[C@H](CSc1ccccc1)Nc1ccc(S(=O)(=O)Nc2ncnc3cc(N4CCN(Cc5ccccc5-c5cccnc5)CC4)ccc23)cc1[N+](=O)[O-]. The van der Waals surface area contributed by atoms with Crippen LogP contribution in [-0.4, -0.2) is 96.7 Å². The van der Waals surface area contributed by atoms with E-state index in [1.807, 2.05) is 74.9 Å². The number of thioether (sulfide) groups is 1. The Morgan fingerprint density at radius 3 is 2.46 bits per heavy atom. The Bertz CT molecular complexity index is 2410. The molecule has 1 fully saturated rings. The molecular formula is C42H45N9O4S2. The van der Waals surface area contributed by atoms with Gasteiger partial charge >= 0.3 is 0 Å². The Balaban J connectivity index is 1.03. The molecule has 0 saturated carbocycles. The fraction of sp³-hybridized carbons (Fsp3) is 0.262. The molecule has 0 aliphatic carbocycles. The number of hydrogen-bond acceptors (Lipinski definition) is 12. The number of hydrogen-bond donors (Lipinski definition) is 2. The van der Waals surface area contributed by atoms with Crippen LogP contribution >= 0.6 is 11.8 Å². The van der Waals surface area contributed by atoms with Crippen molar-refractivity contribution in [1.82, 2.24) is 24.8 Å². The third kappa shape index (κ3) is 10.0. The van der Waals surface area contributed by atoms with E-state index in [0.29, 0.717) is 16.7 Å². The van der Waals surface area contributed by atoms with Crippen LogP contribution in [0.2, 0.25) is 0 Å². The molecule has 2 N–H and O–H groups in total. The number of rotatable bonds is 16. The Kier molecular flexibility index (Phi) is 12.6. The van der Waals surface area contributed by atoms with Crippen LogP contribution < -0.4 is 14.9 Å².